The third-order valence-corrected chi connectivity index (χ3v) is 3.51. The van der Waals surface area contributed by atoms with Crippen molar-refractivity contribution in [3.8, 4) is 0 Å². The Balaban J connectivity index is 1.86. The fourth-order valence-electron chi connectivity index (χ4n) is 2.38. The van der Waals surface area contributed by atoms with Gasteiger partial charge in [-0.1, -0.05) is 30.3 Å². The van der Waals surface area contributed by atoms with Gasteiger partial charge >= 0.3 is 0 Å². The maximum atomic E-state index is 13.8. The van der Waals surface area contributed by atoms with E-state index in [0.717, 1.165) is 17.7 Å². The molecular formula is C17H16F2N4. The topological polar surface area (TPSA) is 53.6 Å². The molecule has 118 valence electrons. The van der Waals surface area contributed by atoms with Crippen LogP contribution in [0.1, 0.15) is 28.8 Å². The van der Waals surface area contributed by atoms with Crippen molar-refractivity contribution in [3.05, 3.63) is 82.9 Å². The molecule has 2 aromatic carbocycles. The predicted octanol–water partition coefficient (Wildman–Crippen LogP) is 3.27. The number of nitrogens with one attached hydrogen (secondary N) is 2. The van der Waals surface area contributed by atoms with E-state index in [0.29, 0.717) is 11.6 Å². The number of H-pyrrole nitrogens is 1. The third kappa shape index (κ3) is 3.60. The van der Waals surface area contributed by atoms with E-state index >= 15 is 0 Å². The van der Waals surface area contributed by atoms with Crippen molar-refractivity contribution in [1.82, 2.24) is 20.5 Å². The van der Waals surface area contributed by atoms with E-state index in [9.17, 15) is 8.78 Å². The van der Waals surface area contributed by atoms with Crippen molar-refractivity contribution >= 4 is 0 Å². The number of aromatic nitrogens is 3. The van der Waals surface area contributed by atoms with Crippen LogP contribution in [0.25, 0.3) is 0 Å². The Hall–Kier alpha value is -2.60. The Labute approximate surface area is 132 Å². The van der Waals surface area contributed by atoms with Crippen LogP contribution in [0.2, 0.25) is 0 Å². The third-order valence-electron chi connectivity index (χ3n) is 3.51. The number of halogens is 2. The maximum absolute atomic E-state index is 13.8. The summed E-state index contributed by atoms with van der Waals surface area (Å²) in [6, 6.07) is 12.7. The second-order valence-electron chi connectivity index (χ2n) is 5.24. The van der Waals surface area contributed by atoms with Gasteiger partial charge in [-0.2, -0.15) is 5.10 Å². The summed E-state index contributed by atoms with van der Waals surface area (Å²) in [6.45, 7) is 1.97. The summed E-state index contributed by atoms with van der Waals surface area (Å²) in [5, 5.41) is 10.2. The molecule has 1 aromatic heterocycles. The van der Waals surface area contributed by atoms with E-state index in [1.54, 1.807) is 0 Å². The zero-order valence-electron chi connectivity index (χ0n) is 12.6. The quantitative estimate of drug-likeness (QED) is 0.760. The Morgan fingerprint density at radius 2 is 1.91 bits per heavy atom. The molecule has 23 heavy (non-hydrogen) atoms. The van der Waals surface area contributed by atoms with Crippen LogP contribution in [-0.2, 0) is 6.54 Å². The summed E-state index contributed by atoms with van der Waals surface area (Å²) >= 11 is 0. The van der Waals surface area contributed by atoms with Crippen molar-refractivity contribution in [3.63, 3.8) is 0 Å². The lowest BCUT2D eigenvalue weighted by Crippen LogP contribution is -2.23. The van der Waals surface area contributed by atoms with Crippen LogP contribution in [-0.4, -0.2) is 15.2 Å². The molecule has 0 aliphatic heterocycles. The largest absolute Gasteiger partial charge is 0.299 e. The van der Waals surface area contributed by atoms with Gasteiger partial charge in [0.15, 0.2) is 5.82 Å². The Morgan fingerprint density at radius 1 is 1.13 bits per heavy atom. The number of hydrogen-bond donors (Lipinski definition) is 2. The van der Waals surface area contributed by atoms with Gasteiger partial charge in [-0.05, 0) is 30.7 Å². The lowest BCUT2D eigenvalue weighted by Gasteiger charge is -2.16. The summed E-state index contributed by atoms with van der Waals surface area (Å²) in [5.41, 5.74) is 1.21. The fourth-order valence-corrected chi connectivity index (χ4v) is 2.38. The molecule has 0 fully saturated rings. The van der Waals surface area contributed by atoms with Gasteiger partial charge in [0.25, 0.3) is 0 Å². The first-order valence-corrected chi connectivity index (χ1v) is 7.24. The van der Waals surface area contributed by atoms with Crippen molar-refractivity contribution < 1.29 is 8.78 Å². The highest BCUT2D eigenvalue weighted by molar-refractivity contribution is 5.25. The van der Waals surface area contributed by atoms with Crippen LogP contribution in [0.15, 0.2) is 48.5 Å². The van der Waals surface area contributed by atoms with Gasteiger partial charge in [0.1, 0.15) is 17.5 Å². The fraction of sp³-hybridized carbons (Fsp3) is 0.176. The molecule has 0 aliphatic carbocycles. The standard InChI is InChI=1S/C17H16F2N4/c1-11-21-17(23-22-11)16(12-5-3-2-4-6-12)20-10-13-9-14(18)7-8-15(13)19/h2-9,16,20H,10H2,1H3,(H,21,22,23). The minimum absolute atomic E-state index is 0.163. The highest BCUT2D eigenvalue weighted by atomic mass is 19.1. The van der Waals surface area contributed by atoms with Gasteiger partial charge in [-0.25, -0.2) is 13.8 Å². The first kappa shape index (κ1) is 15.3. The average molecular weight is 314 g/mol. The Bertz CT molecular complexity index is 786. The van der Waals surface area contributed by atoms with Gasteiger partial charge in [0.05, 0.1) is 6.04 Å². The molecule has 0 saturated carbocycles. The highest BCUT2D eigenvalue weighted by Crippen LogP contribution is 2.20. The van der Waals surface area contributed by atoms with Gasteiger partial charge in [-0.15, -0.1) is 0 Å². The molecule has 6 heteroatoms. The minimum Gasteiger partial charge on any atom is -0.299 e. The molecule has 1 unspecified atom stereocenters. The average Bonchev–Trinajstić information content (AvgIpc) is 2.98. The van der Waals surface area contributed by atoms with Crippen LogP contribution in [0.5, 0.6) is 0 Å². The molecule has 1 atom stereocenters. The van der Waals surface area contributed by atoms with E-state index in [1.165, 1.54) is 6.07 Å². The first-order valence-electron chi connectivity index (χ1n) is 7.24. The number of nitrogens with zero attached hydrogens (tertiary/aromatic N) is 2. The van der Waals surface area contributed by atoms with Crippen molar-refractivity contribution in [2.75, 3.05) is 0 Å². The van der Waals surface area contributed by atoms with E-state index in [2.05, 4.69) is 20.5 Å². The van der Waals surface area contributed by atoms with Gasteiger partial charge in [-0.3, -0.25) is 10.4 Å². The molecule has 0 aliphatic rings. The van der Waals surface area contributed by atoms with E-state index in [-0.39, 0.29) is 18.2 Å². The zero-order valence-corrected chi connectivity index (χ0v) is 12.6. The molecule has 0 saturated heterocycles. The summed E-state index contributed by atoms with van der Waals surface area (Å²) in [5.74, 6) is 0.343. The van der Waals surface area contributed by atoms with Crippen LogP contribution in [0, 0.1) is 18.6 Å². The van der Waals surface area contributed by atoms with Crippen LogP contribution < -0.4 is 5.32 Å². The van der Waals surface area contributed by atoms with Gasteiger partial charge in [0, 0.05) is 12.1 Å². The maximum Gasteiger partial charge on any atom is 0.172 e. The number of aromatic amines is 1. The number of rotatable bonds is 5. The van der Waals surface area contributed by atoms with Gasteiger partial charge < -0.3 is 0 Å². The lowest BCUT2D eigenvalue weighted by molar-refractivity contribution is 0.538. The van der Waals surface area contributed by atoms with E-state index < -0.39 is 11.6 Å². The van der Waals surface area contributed by atoms with Crippen molar-refractivity contribution in [1.29, 1.82) is 0 Å². The van der Waals surface area contributed by atoms with E-state index in [1.807, 2.05) is 37.3 Å². The second-order valence-corrected chi connectivity index (χ2v) is 5.24. The molecule has 0 spiro atoms. The molecule has 4 nitrogen and oxygen atoms in total. The van der Waals surface area contributed by atoms with Crippen LogP contribution in [0.4, 0.5) is 8.78 Å². The van der Waals surface area contributed by atoms with Gasteiger partial charge in [0.2, 0.25) is 0 Å². The normalized spacial score (nSPS) is 12.3. The Morgan fingerprint density at radius 3 is 2.61 bits per heavy atom. The van der Waals surface area contributed by atoms with E-state index in [4.69, 9.17) is 0 Å². The molecule has 0 amide bonds. The molecule has 0 radical (unpaired) electrons. The predicted molar refractivity (Wildman–Crippen MR) is 82.6 cm³/mol. The van der Waals surface area contributed by atoms with Crippen LogP contribution >= 0.6 is 0 Å². The summed E-state index contributed by atoms with van der Waals surface area (Å²) in [7, 11) is 0. The Kier molecular flexibility index (Phi) is 4.43. The monoisotopic (exact) mass is 314 g/mol. The molecule has 2 N–H and O–H groups in total. The summed E-state index contributed by atoms with van der Waals surface area (Å²) < 4.78 is 27.1. The number of hydrogen-bond acceptors (Lipinski definition) is 3. The highest BCUT2D eigenvalue weighted by Gasteiger charge is 2.18. The molecule has 3 aromatic rings. The van der Waals surface area contributed by atoms with Crippen molar-refractivity contribution in [2.24, 2.45) is 0 Å². The SMILES string of the molecule is Cc1nc(C(NCc2cc(F)ccc2F)c2ccccc2)n[nH]1. The number of aryl methyl sites for hydroxylation is 1. The molecule has 0 bridgehead atoms. The smallest absolute Gasteiger partial charge is 0.172 e. The van der Waals surface area contributed by atoms with Crippen LogP contribution in [0.3, 0.4) is 0 Å². The second kappa shape index (κ2) is 6.66. The number of benzene rings is 2. The lowest BCUT2D eigenvalue weighted by atomic mass is 10.1. The van der Waals surface area contributed by atoms with Crippen molar-refractivity contribution in [2.45, 2.75) is 19.5 Å². The minimum atomic E-state index is -0.465. The molecule has 3 rings (SSSR count). The summed E-state index contributed by atoms with van der Waals surface area (Å²) in [4.78, 5) is 4.34. The molecular weight excluding hydrogens is 298 g/mol. The first-order chi connectivity index (χ1) is 11.1. The molecule has 1 heterocycles. The zero-order chi connectivity index (χ0) is 16.2. The summed E-state index contributed by atoms with van der Waals surface area (Å²) in [6.07, 6.45) is 0.